The Morgan fingerprint density at radius 3 is 2.69 bits per heavy atom. The van der Waals surface area contributed by atoms with Crippen molar-refractivity contribution in [2.75, 3.05) is 0 Å². The Morgan fingerprint density at radius 1 is 1.38 bits per heavy atom. The van der Waals surface area contributed by atoms with Crippen LogP contribution in [0.3, 0.4) is 0 Å². The van der Waals surface area contributed by atoms with E-state index in [2.05, 4.69) is 0 Å². The van der Waals surface area contributed by atoms with Gasteiger partial charge in [0.15, 0.2) is 0 Å². The van der Waals surface area contributed by atoms with Gasteiger partial charge >= 0.3 is 5.97 Å². The molecular weight excluding hydrogens is 166 g/mol. The van der Waals surface area contributed by atoms with E-state index in [1.165, 1.54) is 19.3 Å². The Hall–Kier alpha value is -0.570. The van der Waals surface area contributed by atoms with E-state index >= 15 is 0 Å². The van der Waals surface area contributed by atoms with Gasteiger partial charge in [0.25, 0.3) is 0 Å². The second-order valence-corrected chi connectivity index (χ2v) is 3.99. The first-order chi connectivity index (χ1) is 6.20. The van der Waals surface area contributed by atoms with Gasteiger partial charge in [-0.15, -0.1) is 0 Å². The average Bonchev–Trinajstić information content (AvgIpc) is 2.08. The van der Waals surface area contributed by atoms with Gasteiger partial charge in [0.1, 0.15) is 0 Å². The van der Waals surface area contributed by atoms with Crippen molar-refractivity contribution in [3.05, 3.63) is 0 Å². The van der Waals surface area contributed by atoms with Crippen LogP contribution < -0.4 is 5.73 Å². The average molecular weight is 185 g/mol. The molecule has 0 amide bonds. The van der Waals surface area contributed by atoms with E-state index in [-0.39, 0.29) is 0 Å². The molecule has 0 aromatic heterocycles. The molecule has 1 saturated carbocycles. The minimum atomic E-state index is -0.690. The van der Waals surface area contributed by atoms with Crippen molar-refractivity contribution in [3.63, 3.8) is 0 Å². The fourth-order valence-electron chi connectivity index (χ4n) is 2.11. The van der Waals surface area contributed by atoms with Crippen molar-refractivity contribution < 1.29 is 9.90 Å². The highest BCUT2D eigenvalue weighted by molar-refractivity contribution is 5.66. The van der Waals surface area contributed by atoms with Crippen molar-refractivity contribution in [3.8, 4) is 0 Å². The molecule has 13 heavy (non-hydrogen) atoms. The maximum absolute atomic E-state index is 10.3. The van der Waals surface area contributed by atoms with Gasteiger partial charge in [-0.3, -0.25) is 4.79 Å². The minimum Gasteiger partial charge on any atom is -0.481 e. The van der Waals surface area contributed by atoms with Crippen LogP contribution in [0, 0.1) is 5.92 Å². The fraction of sp³-hybridized carbons (Fsp3) is 0.900. The van der Waals surface area contributed by atoms with Gasteiger partial charge < -0.3 is 10.8 Å². The van der Waals surface area contributed by atoms with Crippen LogP contribution in [0.4, 0.5) is 0 Å². The summed E-state index contributed by atoms with van der Waals surface area (Å²) < 4.78 is 0. The molecule has 76 valence electrons. The number of hydrogen-bond acceptors (Lipinski definition) is 2. The molecule has 2 unspecified atom stereocenters. The summed E-state index contributed by atoms with van der Waals surface area (Å²) in [5.41, 5.74) is 5.95. The van der Waals surface area contributed by atoms with E-state index in [0.717, 1.165) is 19.3 Å². The predicted octanol–water partition coefficient (Wildman–Crippen LogP) is 1.76. The number of rotatable bonds is 4. The molecule has 0 spiro atoms. The molecule has 1 aliphatic rings. The molecule has 3 heteroatoms. The van der Waals surface area contributed by atoms with Crippen molar-refractivity contribution >= 4 is 5.97 Å². The summed E-state index contributed by atoms with van der Waals surface area (Å²) in [4.78, 5) is 10.3. The van der Waals surface area contributed by atoms with Crippen molar-refractivity contribution in [1.29, 1.82) is 0 Å². The van der Waals surface area contributed by atoms with Crippen LogP contribution >= 0.6 is 0 Å². The first-order valence-electron chi connectivity index (χ1n) is 5.17. The third kappa shape index (κ3) is 3.77. The zero-order valence-electron chi connectivity index (χ0n) is 8.04. The Kier molecular flexibility index (Phi) is 4.22. The molecular formula is C10H19NO2. The second kappa shape index (κ2) is 5.22. The molecule has 1 fully saturated rings. The summed E-state index contributed by atoms with van der Waals surface area (Å²) in [7, 11) is 0. The lowest BCUT2D eigenvalue weighted by molar-refractivity contribution is -0.137. The van der Waals surface area contributed by atoms with E-state index in [9.17, 15) is 4.79 Å². The summed E-state index contributed by atoms with van der Waals surface area (Å²) in [5, 5.41) is 8.48. The summed E-state index contributed by atoms with van der Waals surface area (Å²) in [6.45, 7) is 0. The highest BCUT2D eigenvalue weighted by Crippen LogP contribution is 2.26. The van der Waals surface area contributed by atoms with Crippen LogP contribution in [0.2, 0.25) is 0 Å². The normalized spacial score (nSPS) is 28.7. The monoisotopic (exact) mass is 185 g/mol. The largest absolute Gasteiger partial charge is 0.481 e. The SMILES string of the molecule is NC1CCCCC1CCCC(=O)O. The van der Waals surface area contributed by atoms with E-state index in [0.29, 0.717) is 18.4 Å². The van der Waals surface area contributed by atoms with Crippen LogP contribution in [0.15, 0.2) is 0 Å². The lowest BCUT2D eigenvalue weighted by Gasteiger charge is -2.28. The molecule has 0 aliphatic heterocycles. The minimum absolute atomic E-state index is 0.295. The van der Waals surface area contributed by atoms with Gasteiger partial charge in [0.2, 0.25) is 0 Å². The van der Waals surface area contributed by atoms with Crippen molar-refractivity contribution in [2.24, 2.45) is 11.7 Å². The summed E-state index contributed by atoms with van der Waals surface area (Å²) in [5.74, 6) is -0.113. The molecule has 3 nitrogen and oxygen atoms in total. The molecule has 0 saturated heterocycles. The van der Waals surface area contributed by atoms with Gasteiger partial charge in [0.05, 0.1) is 0 Å². The van der Waals surface area contributed by atoms with E-state index in [4.69, 9.17) is 10.8 Å². The van der Waals surface area contributed by atoms with Crippen LogP contribution in [-0.2, 0) is 4.79 Å². The van der Waals surface area contributed by atoms with E-state index < -0.39 is 5.97 Å². The van der Waals surface area contributed by atoms with Crippen LogP contribution in [0.25, 0.3) is 0 Å². The number of carboxylic acid groups (broad SMARTS) is 1. The van der Waals surface area contributed by atoms with Gasteiger partial charge in [0, 0.05) is 12.5 Å². The zero-order valence-corrected chi connectivity index (χ0v) is 8.04. The third-order valence-corrected chi connectivity index (χ3v) is 2.93. The predicted molar refractivity (Wildman–Crippen MR) is 51.4 cm³/mol. The lowest BCUT2D eigenvalue weighted by Crippen LogP contribution is -2.32. The lowest BCUT2D eigenvalue weighted by atomic mass is 9.82. The standard InChI is InChI=1S/C10H19NO2/c11-9-6-2-1-4-8(9)5-3-7-10(12)13/h8-9H,1-7,11H2,(H,12,13). The molecule has 2 atom stereocenters. The zero-order chi connectivity index (χ0) is 9.68. The molecule has 0 bridgehead atoms. The van der Waals surface area contributed by atoms with Crippen LogP contribution in [0.1, 0.15) is 44.9 Å². The maximum Gasteiger partial charge on any atom is 0.303 e. The summed E-state index contributed by atoms with van der Waals surface area (Å²) >= 11 is 0. The molecule has 0 radical (unpaired) electrons. The molecule has 0 heterocycles. The maximum atomic E-state index is 10.3. The van der Waals surface area contributed by atoms with Crippen molar-refractivity contribution in [2.45, 2.75) is 51.0 Å². The van der Waals surface area contributed by atoms with Gasteiger partial charge in [-0.25, -0.2) is 0 Å². The Labute approximate surface area is 79.3 Å². The Bertz CT molecular complexity index is 170. The molecule has 3 N–H and O–H groups in total. The third-order valence-electron chi connectivity index (χ3n) is 2.93. The van der Waals surface area contributed by atoms with Gasteiger partial charge in [-0.05, 0) is 31.6 Å². The molecule has 0 aromatic carbocycles. The quantitative estimate of drug-likeness (QED) is 0.701. The Balaban J connectivity index is 2.15. The Morgan fingerprint density at radius 2 is 2.08 bits per heavy atom. The van der Waals surface area contributed by atoms with Crippen LogP contribution in [-0.4, -0.2) is 17.1 Å². The number of hydrogen-bond donors (Lipinski definition) is 2. The number of carbonyl (C=O) groups is 1. The number of nitrogens with two attached hydrogens (primary N) is 1. The second-order valence-electron chi connectivity index (χ2n) is 3.99. The smallest absolute Gasteiger partial charge is 0.303 e. The fourth-order valence-corrected chi connectivity index (χ4v) is 2.11. The van der Waals surface area contributed by atoms with E-state index in [1.807, 2.05) is 0 Å². The molecule has 0 aromatic rings. The number of carboxylic acids is 1. The van der Waals surface area contributed by atoms with E-state index in [1.54, 1.807) is 0 Å². The molecule has 1 rings (SSSR count). The molecule has 1 aliphatic carbocycles. The first kappa shape index (κ1) is 10.5. The van der Waals surface area contributed by atoms with Gasteiger partial charge in [-0.2, -0.15) is 0 Å². The highest BCUT2D eigenvalue weighted by atomic mass is 16.4. The first-order valence-corrected chi connectivity index (χ1v) is 5.17. The van der Waals surface area contributed by atoms with Crippen LogP contribution in [0.5, 0.6) is 0 Å². The summed E-state index contributed by atoms with van der Waals surface area (Å²) in [6.07, 6.45) is 6.91. The topological polar surface area (TPSA) is 63.3 Å². The highest BCUT2D eigenvalue weighted by Gasteiger charge is 2.21. The van der Waals surface area contributed by atoms with Gasteiger partial charge in [-0.1, -0.05) is 12.8 Å². The van der Waals surface area contributed by atoms with Crippen molar-refractivity contribution in [1.82, 2.24) is 0 Å². The summed E-state index contributed by atoms with van der Waals surface area (Å²) in [6, 6.07) is 0.322. The number of aliphatic carboxylic acids is 1.